The molecule has 0 fully saturated rings. The number of aromatic nitrogens is 2. The molecule has 5 nitrogen and oxygen atoms in total. The average Bonchev–Trinajstić information content (AvgIpc) is 2.82. The fourth-order valence-electron chi connectivity index (χ4n) is 3.85. The van der Waals surface area contributed by atoms with Crippen molar-refractivity contribution in [2.45, 2.75) is 37.6 Å². The van der Waals surface area contributed by atoms with Gasteiger partial charge in [-0.15, -0.1) is 0 Å². The summed E-state index contributed by atoms with van der Waals surface area (Å²) in [4.78, 5) is 30.4. The second-order valence-electron chi connectivity index (χ2n) is 8.14. The van der Waals surface area contributed by atoms with E-state index in [1.54, 1.807) is 24.7 Å². The Morgan fingerprint density at radius 3 is 2.52 bits per heavy atom. The van der Waals surface area contributed by atoms with Crippen molar-refractivity contribution in [3.63, 3.8) is 0 Å². The zero-order valence-electron chi connectivity index (χ0n) is 19.2. The number of hydrogen-bond donors (Lipinski definition) is 0. The molecule has 0 bridgehead atoms. The third-order valence-electron chi connectivity index (χ3n) is 5.59. The van der Waals surface area contributed by atoms with Gasteiger partial charge in [0.2, 0.25) is 0 Å². The van der Waals surface area contributed by atoms with E-state index in [0.29, 0.717) is 33.1 Å². The molecule has 0 amide bonds. The van der Waals surface area contributed by atoms with Crippen LogP contribution < -0.4 is 10.3 Å². The first-order valence-corrected chi connectivity index (χ1v) is 11.8. The van der Waals surface area contributed by atoms with Gasteiger partial charge in [-0.2, -0.15) is 0 Å². The molecule has 33 heavy (non-hydrogen) atoms. The lowest BCUT2D eigenvalue weighted by atomic mass is 10.0. The van der Waals surface area contributed by atoms with Crippen molar-refractivity contribution in [2.75, 3.05) is 7.11 Å². The van der Waals surface area contributed by atoms with Crippen LogP contribution in [0.15, 0.2) is 76.7 Å². The maximum absolute atomic E-state index is 13.6. The molecule has 0 spiro atoms. The molecular formula is C27H26N2O3S. The predicted octanol–water partition coefficient (Wildman–Crippen LogP) is 6.01. The van der Waals surface area contributed by atoms with Crippen molar-refractivity contribution in [2.24, 2.45) is 0 Å². The second kappa shape index (κ2) is 9.63. The normalized spacial score (nSPS) is 11.2. The summed E-state index contributed by atoms with van der Waals surface area (Å²) in [6.45, 7) is 5.77. The van der Waals surface area contributed by atoms with E-state index in [9.17, 15) is 9.59 Å². The molecule has 4 rings (SSSR count). The number of methoxy groups -OCH3 is 1. The van der Waals surface area contributed by atoms with Crippen LogP contribution in [0.5, 0.6) is 5.75 Å². The molecule has 4 aromatic rings. The number of ketones is 1. The Bertz CT molecular complexity index is 1390. The molecule has 0 radical (unpaired) electrons. The van der Waals surface area contributed by atoms with Crippen LogP contribution in [0.4, 0.5) is 0 Å². The SMILES string of the molecule is COc1ccc(C(C)=O)cc1CSc1nc2ccccc2c(=O)n1-c1ccccc1C(C)C. The standard InChI is InChI=1S/C27H26N2O3S/c1-17(2)21-9-6-8-12-24(21)29-26(31)22-10-5-7-11-23(22)28-27(29)33-16-20-15-19(18(3)30)13-14-25(20)32-4/h5-15,17H,16H2,1-4H3. The fraction of sp³-hybridized carbons (Fsp3) is 0.222. The van der Waals surface area contributed by atoms with E-state index in [1.807, 2.05) is 54.6 Å². The van der Waals surface area contributed by atoms with Crippen LogP contribution in [-0.4, -0.2) is 22.4 Å². The van der Waals surface area contributed by atoms with E-state index in [4.69, 9.17) is 9.72 Å². The van der Waals surface area contributed by atoms with Gasteiger partial charge in [-0.05, 0) is 54.8 Å². The average molecular weight is 459 g/mol. The second-order valence-corrected chi connectivity index (χ2v) is 9.08. The molecule has 3 aromatic carbocycles. The van der Waals surface area contributed by atoms with E-state index in [2.05, 4.69) is 19.9 Å². The summed E-state index contributed by atoms with van der Waals surface area (Å²) in [5.74, 6) is 1.43. The van der Waals surface area contributed by atoms with E-state index in [-0.39, 0.29) is 17.3 Å². The van der Waals surface area contributed by atoms with Crippen LogP contribution in [-0.2, 0) is 5.75 Å². The van der Waals surface area contributed by atoms with Gasteiger partial charge in [0, 0.05) is 16.9 Å². The largest absolute Gasteiger partial charge is 0.496 e. The number of hydrogen-bond acceptors (Lipinski definition) is 5. The van der Waals surface area contributed by atoms with Crippen LogP contribution in [0.25, 0.3) is 16.6 Å². The minimum atomic E-state index is -0.0966. The number of rotatable bonds is 7. The smallest absolute Gasteiger partial charge is 0.266 e. The van der Waals surface area contributed by atoms with Gasteiger partial charge < -0.3 is 4.74 Å². The van der Waals surface area contributed by atoms with Crippen molar-refractivity contribution < 1.29 is 9.53 Å². The number of nitrogens with zero attached hydrogens (tertiary/aromatic N) is 2. The maximum Gasteiger partial charge on any atom is 0.266 e. The fourth-order valence-corrected chi connectivity index (χ4v) is 4.84. The van der Waals surface area contributed by atoms with Gasteiger partial charge >= 0.3 is 0 Å². The van der Waals surface area contributed by atoms with Crippen molar-refractivity contribution in [1.82, 2.24) is 9.55 Å². The number of Topliss-reactive ketones (excluding diaryl/α,β-unsaturated/α-hetero) is 1. The number of thioether (sulfide) groups is 1. The third kappa shape index (κ3) is 4.57. The zero-order valence-corrected chi connectivity index (χ0v) is 20.0. The monoisotopic (exact) mass is 458 g/mol. The highest BCUT2D eigenvalue weighted by molar-refractivity contribution is 7.98. The number of carbonyl (C=O) groups is 1. The number of benzene rings is 3. The Morgan fingerprint density at radius 2 is 1.79 bits per heavy atom. The van der Waals surface area contributed by atoms with Crippen LogP contribution in [0.3, 0.4) is 0 Å². The van der Waals surface area contributed by atoms with E-state index in [0.717, 1.165) is 16.8 Å². The third-order valence-corrected chi connectivity index (χ3v) is 6.58. The molecule has 1 heterocycles. The molecule has 0 aliphatic rings. The molecule has 0 unspecified atom stereocenters. The lowest BCUT2D eigenvalue weighted by Gasteiger charge is -2.18. The summed E-state index contributed by atoms with van der Waals surface area (Å²) in [6, 6.07) is 20.8. The zero-order chi connectivity index (χ0) is 23.5. The van der Waals surface area contributed by atoms with Crippen molar-refractivity contribution >= 4 is 28.4 Å². The van der Waals surface area contributed by atoms with Crippen molar-refractivity contribution in [1.29, 1.82) is 0 Å². The molecule has 0 N–H and O–H groups in total. The topological polar surface area (TPSA) is 61.2 Å². The molecular weight excluding hydrogens is 432 g/mol. The summed E-state index contributed by atoms with van der Waals surface area (Å²) in [7, 11) is 1.61. The summed E-state index contributed by atoms with van der Waals surface area (Å²) < 4.78 is 7.23. The number of carbonyl (C=O) groups excluding carboxylic acids is 1. The van der Waals surface area contributed by atoms with Gasteiger partial charge in [0.05, 0.1) is 23.7 Å². The van der Waals surface area contributed by atoms with Gasteiger partial charge in [-0.25, -0.2) is 4.98 Å². The Balaban J connectivity index is 1.87. The number of para-hydroxylation sites is 2. The Labute approximate surface area is 197 Å². The minimum Gasteiger partial charge on any atom is -0.496 e. The van der Waals surface area contributed by atoms with Crippen molar-refractivity contribution in [3.8, 4) is 11.4 Å². The molecule has 0 saturated carbocycles. The lowest BCUT2D eigenvalue weighted by Crippen LogP contribution is -2.23. The van der Waals surface area contributed by atoms with Crippen molar-refractivity contribution in [3.05, 3.63) is 93.8 Å². The predicted molar refractivity (Wildman–Crippen MR) is 134 cm³/mol. The molecule has 1 aromatic heterocycles. The first-order chi connectivity index (χ1) is 15.9. The van der Waals surface area contributed by atoms with Crippen LogP contribution in [0.1, 0.15) is 48.2 Å². The molecule has 0 atom stereocenters. The van der Waals surface area contributed by atoms with Gasteiger partial charge in [-0.3, -0.25) is 14.2 Å². The molecule has 0 aliphatic carbocycles. The minimum absolute atomic E-state index is 0.00416. The van der Waals surface area contributed by atoms with Gasteiger partial charge in [0.15, 0.2) is 10.9 Å². The molecule has 0 saturated heterocycles. The molecule has 0 aliphatic heterocycles. The van der Waals surface area contributed by atoms with E-state index < -0.39 is 0 Å². The molecule has 6 heteroatoms. The number of fused-ring (bicyclic) bond motifs is 1. The Kier molecular flexibility index (Phi) is 6.65. The van der Waals surface area contributed by atoms with Crippen LogP contribution in [0.2, 0.25) is 0 Å². The highest BCUT2D eigenvalue weighted by atomic mass is 32.2. The van der Waals surface area contributed by atoms with E-state index >= 15 is 0 Å². The maximum atomic E-state index is 13.6. The Hall–Kier alpha value is -3.38. The highest BCUT2D eigenvalue weighted by Crippen LogP contribution is 2.31. The lowest BCUT2D eigenvalue weighted by molar-refractivity contribution is 0.101. The van der Waals surface area contributed by atoms with Gasteiger partial charge in [-0.1, -0.05) is 55.9 Å². The quantitative estimate of drug-likeness (QED) is 0.193. The molecule has 168 valence electrons. The van der Waals surface area contributed by atoms with Crippen LogP contribution >= 0.6 is 11.8 Å². The first kappa shape index (κ1) is 22.8. The highest BCUT2D eigenvalue weighted by Gasteiger charge is 2.18. The summed E-state index contributed by atoms with van der Waals surface area (Å²) in [5, 5.41) is 1.18. The summed E-state index contributed by atoms with van der Waals surface area (Å²) in [5.41, 5.74) is 3.98. The first-order valence-electron chi connectivity index (χ1n) is 10.8. The van der Waals surface area contributed by atoms with Crippen LogP contribution in [0, 0.1) is 0 Å². The number of ether oxygens (including phenoxy) is 1. The van der Waals surface area contributed by atoms with E-state index in [1.165, 1.54) is 11.8 Å². The van der Waals surface area contributed by atoms with Gasteiger partial charge in [0.25, 0.3) is 5.56 Å². The summed E-state index contributed by atoms with van der Waals surface area (Å²) >= 11 is 1.45. The van der Waals surface area contributed by atoms with Gasteiger partial charge in [0.1, 0.15) is 5.75 Å². The summed E-state index contributed by atoms with van der Waals surface area (Å²) in [6.07, 6.45) is 0. The Morgan fingerprint density at radius 1 is 1.06 bits per heavy atom.